The monoisotopic (exact) mass is 451 g/mol. The first-order valence-electron chi connectivity index (χ1n) is 10.0. The van der Waals surface area contributed by atoms with E-state index in [9.17, 15) is 4.79 Å². The van der Waals surface area contributed by atoms with Crippen LogP contribution in [0, 0.1) is 0 Å². The van der Waals surface area contributed by atoms with Crippen molar-refractivity contribution in [2.75, 3.05) is 18.5 Å². The maximum atomic E-state index is 13.0. The SMILES string of the molecule is O=C(Nc1ccc2c(c1)CCO2)N1C[C@H](c2ccc(Cl)cc2)C(c2ccc(Cl)cc2)=N1. The second-order valence-electron chi connectivity index (χ2n) is 7.53. The van der Waals surface area contributed by atoms with Gasteiger partial charge in [-0.25, -0.2) is 9.80 Å². The Morgan fingerprint density at radius 1 is 1.00 bits per heavy atom. The third-order valence-corrected chi connectivity index (χ3v) is 6.01. The number of benzene rings is 3. The molecule has 156 valence electrons. The summed E-state index contributed by atoms with van der Waals surface area (Å²) in [5.74, 6) is 0.808. The van der Waals surface area contributed by atoms with Crippen molar-refractivity contribution in [2.45, 2.75) is 12.3 Å². The molecule has 0 aliphatic carbocycles. The van der Waals surface area contributed by atoms with Gasteiger partial charge in [-0.05, 0) is 59.2 Å². The number of hydrogen-bond donors (Lipinski definition) is 1. The molecule has 0 unspecified atom stereocenters. The van der Waals surface area contributed by atoms with E-state index in [1.54, 1.807) is 0 Å². The van der Waals surface area contributed by atoms with Crippen LogP contribution in [0.15, 0.2) is 71.8 Å². The second kappa shape index (κ2) is 8.25. The number of ether oxygens (including phenoxy) is 1. The Labute approximate surface area is 190 Å². The first-order valence-corrected chi connectivity index (χ1v) is 10.8. The normalized spacial score (nSPS) is 17.2. The minimum Gasteiger partial charge on any atom is -0.493 e. The van der Waals surface area contributed by atoms with Gasteiger partial charge in [-0.3, -0.25) is 0 Å². The summed E-state index contributed by atoms with van der Waals surface area (Å²) in [6.45, 7) is 1.11. The first kappa shape index (κ1) is 19.9. The number of urea groups is 1. The molecule has 0 bridgehead atoms. The fraction of sp³-hybridized carbons (Fsp3) is 0.167. The van der Waals surface area contributed by atoms with Crippen LogP contribution < -0.4 is 10.1 Å². The van der Waals surface area contributed by atoms with E-state index in [1.807, 2.05) is 66.7 Å². The fourth-order valence-corrected chi connectivity index (χ4v) is 4.17. The quantitative estimate of drug-likeness (QED) is 0.533. The Balaban J connectivity index is 1.42. The van der Waals surface area contributed by atoms with Gasteiger partial charge in [-0.15, -0.1) is 0 Å². The molecule has 0 aromatic heterocycles. The van der Waals surface area contributed by atoms with Crippen molar-refractivity contribution in [1.29, 1.82) is 0 Å². The summed E-state index contributed by atoms with van der Waals surface area (Å²) in [5, 5.41) is 10.4. The lowest BCUT2D eigenvalue weighted by Crippen LogP contribution is -2.30. The molecule has 2 heterocycles. The number of nitrogens with zero attached hydrogens (tertiary/aromatic N) is 2. The number of nitrogens with one attached hydrogen (secondary N) is 1. The number of halogens is 2. The van der Waals surface area contributed by atoms with Crippen molar-refractivity contribution in [1.82, 2.24) is 5.01 Å². The molecule has 2 amide bonds. The minimum atomic E-state index is -0.276. The summed E-state index contributed by atoms with van der Waals surface area (Å²) in [6, 6.07) is 20.6. The number of hydrazone groups is 1. The standard InChI is InChI=1S/C24H19Cl2N3O2/c25-18-5-1-15(2-6-18)21-14-29(28-23(21)16-3-7-19(26)8-4-16)24(30)27-20-9-10-22-17(13-20)11-12-31-22/h1-10,13,21H,11-12,14H2,(H,27,30)/t21-/m1/s1. The molecular formula is C24H19Cl2N3O2. The zero-order valence-electron chi connectivity index (χ0n) is 16.5. The Morgan fingerprint density at radius 3 is 2.45 bits per heavy atom. The topological polar surface area (TPSA) is 53.9 Å². The van der Waals surface area contributed by atoms with Gasteiger partial charge in [0.15, 0.2) is 0 Å². The fourth-order valence-electron chi connectivity index (χ4n) is 3.92. The van der Waals surface area contributed by atoms with E-state index < -0.39 is 0 Å². The van der Waals surface area contributed by atoms with E-state index in [1.165, 1.54) is 5.01 Å². The van der Waals surface area contributed by atoms with Crippen LogP contribution in [0.1, 0.15) is 22.6 Å². The number of carbonyl (C=O) groups is 1. The van der Waals surface area contributed by atoms with Gasteiger partial charge in [0, 0.05) is 28.1 Å². The summed E-state index contributed by atoms with van der Waals surface area (Å²) in [6.07, 6.45) is 0.847. The lowest BCUT2D eigenvalue weighted by atomic mass is 9.91. The molecule has 7 heteroatoms. The number of anilines is 1. The van der Waals surface area contributed by atoms with Crippen LogP contribution in [0.2, 0.25) is 10.0 Å². The molecule has 0 spiro atoms. The van der Waals surface area contributed by atoms with Crippen LogP contribution in [-0.2, 0) is 6.42 Å². The highest BCUT2D eigenvalue weighted by molar-refractivity contribution is 6.31. The molecule has 1 N–H and O–H groups in total. The van der Waals surface area contributed by atoms with Gasteiger partial charge < -0.3 is 10.1 Å². The van der Waals surface area contributed by atoms with Gasteiger partial charge in [0.1, 0.15) is 5.75 Å². The van der Waals surface area contributed by atoms with Crippen molar-refractivity contribution in [3.05, 3.63) is 93.5 Å². The van der Waals surface area contributed by atoms with Gasteiger partial charge in [0.2, 0.25) is 0 Å². The van der Waals surface area contributed by atoms with E-state index in [0.717, 1.165) is 40.3 Å². The number of rotatable bonds is 3. The average molecular weight is 452 g/mol. The predicted molar refractivity (Wildman–Crippen MR) is 124 cm³/mol. The maximum absolute atomic E-state index is 13.0. The molecule has 0 radical (unpaired) electrons. The van der Waals surface area contributed by atoms with Gasteiger partial charge in [-0.1, -0.05) is 47.5 Å². The molecule has 5 rings (SSSR count). The summed E-state index contributed by atoms with van der Waals surface area (Å²) >= 11 is 12.1. The number of hydrogen-bond acceptors (Lipinski definition) is 3. The van der Waals surface area contributed by atoms with Crippen molar-refractivity contribution < 1.29 is 9.53 Å². The highest BCUT2D eigenvalue weighted by atomic mass is 35.5. The molecule has 0 saturated heterocycles. The molecule has 5 nitrogen and oxygen atoms in total. The van der Waals surface area contributed by atoms with Crippen molar-refractivity contribution >= 4 is 40.6 Å². The minimum absolute atomic E-state index is 0.0717. The smallest absolute Gasteiger partial charge is 0.342 e. The van der Waals surface area contributed by atoms with Gasteiger partial charge in [-0.2, -0.15) is 5.10 Å². The first-order chi connectivity index (χ1) is 15.1. The van der Waals surface area contributed by atoms with Gasteiger partial charge in [0.25, 0.3) is 0 Å². The molecule has 3 aromatic carbocycles. The van der Waals surface area contributed by atoms with E-state index in [0.29, 0.717) is 23.2 Å². The molecule has 0 saturated carbocycles. The number of amides is 2. The average Bonchev–Trinajstić information content (AvgIpc) is 3.42. The zero-order valence-corrected chi connectivity index (χ0v) is 18.0. The summed E-state index contributed by atoms with van der Waals surface area (Å²) in [7, 11) is 0. The van der Waals surface area contributed by atoms with Crippen LogP contribution in [0.3, 0.4) is 0 Å². The van der Waals surface area contributed by atoms with Gasteiger partial charge >= 0.3 is 6.03 Å². The van der Waals surface area contributed by atoms with Crippen LogP contribution in [-0.4, -0.2) is 29.9 Å². The lowest BCUT2D eigenvalue weighted by Gasteiger charge is -2.16. The van der Waals surface area contributed by atoms with E-state index >= 15 is 0 Å². The Morgan fingerprint density at radius 2 is 1.71 bits per heavy atom. The molecule has 1 atom stereocenters. The molecule has 2 aliphatic heterocycles. The number of fused-ring (bicyclic) bond motifs is 1. The zero-order chi connectivity index (χ0) is 21.4. The predicted octanol–water partition coefficient (Wildman–Crippen LogP) is 5.96. The Bertz CT molecular complexity index is 1160. The Hall–Kier alpha value is -3.02. The van der Waals surface area contributed by atoms with Crippen LogP contribution in [0.5, 0.6) is 5.75 Å². The van der Waals surface area contributed by atoms with Crippen LogP contribution >= 0.6 is 23.2 Å². The van der Waals surface area contributed by atoms with Crippen LogP contribution in [0.4, 0.5) is 10.5 Å². The maximum Gasteiger partial charge on any atom is 0.342 e. The van der Waals surface area contributed by atoms with Crippen LogP contribution in [0.25, 0.3) is 0 Å². The molecular weight excluding hydrogens is 433 g/mol. The molecule has 2 aliphatic rings. The number of carbonyl (C=O) groups excluding carboxylic acids is 1. The molecule has 31 heavy (non-hydrogen) atoms. The highest BCUT2D eigenvalue weighted by Gasteiger charge is 2.32. The van der Waals surface area contributed by atoms with Gasteiger partial charge in [0.05, 0.1) is 18.9 Å². The Kier molecular flexibility index (Phi) is 5.30. The third kappa shape index (κ3) is 4.11. The van der Waals surface area contributed by atoms with E-state index in [4.69, 9.17) is 27.9 Å². The summed E-state index contributed by atoms with van der Waals surface area (Å²) in [4.78, 5) is 13.0. The second-order valence-corrected chi connectivity index (χ2v) is 8.40. The summed E-state index contributed by atoms with van der Waals surface area (Å²) < 4.78 is 5.54. The lowest BCUT2D eigenvalue weighted by molar-refractivity contribution is 0.218. The van der Waals surface area contributed by atoms with E-state index in [2.05, 4.69) is 10.4 Å². The van der Waals surface area contributed by atoms with Crippen molar-refractivity contribution in [3.63, 3.8) is 0 Å². The highest BCUT2D eigenvalue weighted by Crippen LogP contribution is 2.31. The van der Waals surface area contributed by atoms with Crippen molar-refractivity contribution in [3.8, 4) is 5.75 Å². The molecule has 3 aromatic rings. The molecule has 0 fully saturated rings. The van der Waals surface area contributed by atoms with E-state index in [-0.39, 0.29) is 11.9 Å². The third-order valence-electron chi connectivity index (χ3n) is 5.50. The summed E-state index contributed by atoms with van der Waals surface area (Å²) in [5.41, 5.74) is 4.62. The van der Waals surface area contributed by atoms with Crippen molar-refractivity contribution in [2.24, 2.45) is 5.10 Å². The largest absolute Gasteiger partial charge is 0.493 e.